The van der Waals surface area contributed by atoms with Crippen LogP contribution in [0, 0.1) is 11.6 Å². The topological polar surface area (TPSA) is 50.8 Å². The summed E-state index contributed by atoms with van der Waals surface area (Å²) in [5.74, 6) is -0.726. The Labute approximate surface area is 163 Å². The van der Waals surface area contributed by atoms with E-state index in [-0.39, 0.29) is 11.9 Å². The zero-order valence-corrected chi connectivity index (χ0v) is 16.0. The summed E-state index contributed by atoms with van der Waals surface area (Å²) in [6.45, 7) is 2.11. The summed E-state index contributed by atoms with van der Waals surface area (Å²) >= 11 is 0. The number of amides is 1. The molecule has 2 aromatic rings. The number of nitrogens with one attached hydrogen (secondary N) is 1. The molecule has 0 spiro atoms. The van der Waals surface area contributed by atoms with Crippen LogP contribution in [0.2, 0.25) is 0 Å². The summed E-state index contributed by atoms with van der Waals surface area (Å²) in [6, 6.07) is 9.13. The van der Waals surface area contributed by atoms with Gasteiger partial charge in [0, 0.05) is 31.2 Å². The fourth-order valence-electron chi connectivity index (χ4n) is 3.38. The Morgan fingerprint density at radius 2 is 1.75 bits per heavy atom. The molecule has 1 amide bonds. The maximum absolute atomic E-state index is 13.3. The fraction of sp³-hybridized carbons (Fsp3) is 0.381. The van der Waals surface area contributed by atoms with Gasteiger partial charge < -0.3 is 14.8 Å². The van der Waals surface area contributed by atoms with Crippen molar-refractivity contribution in [3.63, 3.8) is 0 Å². The van der Waals surface area contributed by atoms with Crippen LogP contribution in [0.15, 0.2) is 36.4 Å². The van der Waals surface area contributed by atoms with Gasteiger partial charge in [0.05, 0.1) is 14.2 Å². The van der Waals surface area contributed by atoms with E-state index in [2.05, 4.69) is 10.2 Å². The van der Waals surface area contributed by atoms with E-state index in [9.17, 15) is 13.6 Å². The predicted molar refractivity (Wildman–Crippen MR) is 102 cm³/mol. The van der Waals surface area contributed by atoms with Crippen molar-refractivity contribution in [2.75, 3.05) is 27.3 Å². The Bertz CT molecular complexity index is 836. The number of nitrogens with zero attached hydrogens (tertiary/aromatic N) is 1. The van der Waals surface area contributed by atoms with Crippen LogP contribution in [-0.4, -0.2) is 44.2 Å². The fourth-order valence-corrected chi connectivity index (χ4v) is 3.38. The van der Waals surface area contributed by atoms with Crippen molar-refractivity contribution < 1.29 is 23.0 Å². The van der Waals surface area contributed by atoms with Crippen molar-refractivity contribution in [3.05, 3.63) is 59.2 Å². The highest BCUT2D eigenvalue weighted by atomic mass is 19.2. The molecule has 1 heterocycles. The van der Waals surface area contributed by atoms with Gasteiger partial charge in [-0.25, -0.2) is 8.78 Å². The van der Waals surface area contributed by atoms with Crippen LogP contribution in [0.5, 0.6) is 11.5 Å². The van der Waals surface area contributed by atoms with Crippen molar-refractivity contribution >= 4 is 5.91 Å². The van der Waals surface area contributed by atoms with Crippen molar-refractivity contribution in [3.8, 4) is 11.5 Å². The molecule has 1 aliphatic rings. The van der Waals surface area contributed by atoms with E-state index in [1.165, 1.54) is 13.2 Å². The molecule has 1 N–H and O–H groups in total. The Morgan fingerprint density at radius 3 is 2.39 bits per heavy atom. The summed E-state index contributed by atoms with van der Waals surface area (Å²) in [7, 11) is 3.08. The molecule has 0 bridgehead atoms. The largest absolute Gasteiger partial charge is 0.493 e. The second-order valence-corrected chi connectivity index (χ2v) is 6.84. The van der Waals surface area contributed by atoms with Gasteiger partial charge in [0.2, 0.25) is 0 Å². The Kier molecular flexibility index (Phi) is 6.46. The monoisotopic (exact) mass is 390 g/mol. The van der Waals surface area contributed by atoms with Gasteiger partial charge in [-0.15, -0.1) is 0 Å². The van der Waals surface area contributed by atoms with Crippen molar-refractivity contribution in [1.29, 1.82) is 0 Å². The highest BCUT2D eigenvalue weighted by molar-refractivity contribution is 5.95. The third-order valence-electron chi connectivity index (χ3n) is 4.96. The smallest absolute Gasteiger partial charge is 0.251 e. The third-order valence-corrected chi connectivity index (χ3v) is 4.96. The SMILES string of the molecule is COc1ccc(C(=O)NC2CCN(Cc3ccc(F)c(F)c3)CC2)cc1OC. The van der Waals surface area contributed by atoms with Crippen LogP contribution in [-0.2, 0) is 6.54 Å². The highest BCUT2D eigenvalue weighted by Gasteiger charge is 2.22. The van der Waals surface area contributed by atoms with Gasteiger partial charge in [0.1, 0.15) is 0 Å². The first-order valence-corrected chi connectivity index (χ1v) is 9.19. The Balaban J connectivity index is 1.52. The van der Waals surface area contributed by atoms with Gasteiger partial charge in [-0.2, -0.15) is 0 Å². The van der Waals surface area contributed by atoms with Crippen molar-refractivity contribution in [2.24, 2.45) is 0 Å². The number of halogens is 2. The van der Waals surface area contributed by atoms with Gasteiger partial charge in [-0.1, -0.05) is 6.07 Å². The van der Waals surface area contributed by atoms with Crippen LogP contribution < -0.4 is 14.8 Å². The number of hydrogen-bond acceptors (Lipinski definition) is 4. The number of benzene rings is 2. The van der Waals surface area contributed by atoms with Crippen LogP contribution >= 0.6 is 0 Å². The minimum atomic E-state index is -0.833. The van der Waals surface area contributed by atoms with Gasteiger partial charge in [-0.05, 0) is 48.7 Å². The molecule has 150 valence electrons. The van der Waals surface area contributed by atoms with Gasteiger partial charge >= 0.3 is 0 Å². The second kappa shape index (κ2) is 9.01. The van der Waals surface area contributed by atoms with Crippen molar-refractivity contribution in [1.82, 2.24) is 10.2 Å². The zero-order valence-electron chi connectivity index (χ0n) is 16.0. The summed E-state index contributed by atoms with van der Waals surface area (Å²) in [5, 5.41) is 3.05. The summed E-state index contributed by atoms with van der Waals surface area (Å²) in [5.41, 5.74) is 1.26. The van der Waals surface area contributed by atoms with Crippen LogP contribution in [0.1, 0.15) is 28.8 Å². The van der Waals surface area contributed by atoms with E-state index in [1.807, 2.05) is 0 Å². The molecule has 0 radical (unpaired) electrons. The van der Waals surface area contributed by atoms with E-state index in [0.717, 1.165) is 37.6 Å². The number of piperidine rings is 1. The number of carbonyl (C=O) groups is 1. The molecule has 0 unspecified atom stereocenters. The van der Waals surface area contributed by atoms with Crippen molar-refractivity contribution in [2.45, 2.75) is 25.4 Å². The molecule has 7 heteroatoms. The lowest BCUT2D eigenvalue weighted by molar-refractivity contribution is 0.0908. The average Bonchev–Trinajstić information content (AvgIpc) is 2.71. The number of rotatable bonds is 6. The zero-order chi connectivity index (χ0) is 20.1. The molecular weight excluding hydrogens is 366 g/mol. The standard InChI is InChI=1S/C21H24F2N2O3/c1-27-19-6-4-15(12-20(19)28-2)21(26)24-16-7-9-25(10-8-16)13-14-3-5-17(22)18(23)11-14/h3-6,11-12,16H,7-10,13H2,1-2H3,(H,24,26). The van der Waals surface area contributed by atoms with Crippen LogP contribution in [0.4, 0.5) is 8.78 Å². The molecule has 0 aliphatic carbocycles. The normalized spacial score (nSPS) is 15.3. The molecule has 1 fully saturated rings. The molecule has 1 aliphatic heterocycles. The van der Waals surface area contributed by atoms with Gasteiger partial charge in [0.25, 0.3) is 5.91 Å². The molecule has 0 atom stereocenters. The first kappa shape index (κ1) is 20.1. The first-order valence-electron chi connectivity index (χ1n) is 9.19. The quantitative estimate of drug-likeness (QED) is 0.822. The van der Waals surface area contributed by atoms with E-state index in [0.29, 0.717) is 23.6 Å². The predicted octanol–water partition coefficient (Wildman–Crippen LogP) is 3.38. The third kappa shape index (κ3) is 4.78. The first-order chi connectivity index (χ1) is 13.5. The summed E-state index contributed by atoms with van der Waals surface area (Å²) in [4.78, 5) is 14.7. The Hall–Kier alpha value is -2.67. The molecule has 1 saturated heterocycles. The summed E-state index contributed by atoms with van der Waals surface area (Å²) in [6.07, 6.45) is 1.59. The van der Waals surface area contributed by atoms with Crippen LogP contribution in [0.25, 0.3) is 0 Å². The molecule has 28 heavy (non-hydrogen) atoms. The molecule has 3 rings (SSSR count). The number of hydrogen-bond donors (Lipinski definition) is 1. The lowest BCUT2D eigenvalue weighted by Crippen LogP contribution is -2.44. The molecule has 2 aromatic carbocycles. The van der Waals surface area contributed by atoms with E-state index >= 15 is 0 Å². The summed E-state index contributed by atoms with van der Waals surface area (Å²) < 4.78 is 36.8. The maximum Gasteiger partial charge on any atom is 0.251 e. The average molecular weight is 390 g/mol. The van der Waals surface area contributed by atoms with Crippen LogP contribution in [0.3, 0.4) is 0 Å². The number of carbonyl (C=O) groups excluding carboxylic acids is 1. The van der Waals surface area contributed by atoms with Gasteiger partial charge in [-0.3, -0.25) is 9.69 Å². The molecule has 0 saturated carbocycles. The lowest BCUT2D eigenvalue weighted by atomic mass is 10.0. The number of likely N-dealkylation sites (tertiary alicyclic amines) is 1. The van der Waals surface area contributed by atoms with E-state index in [1.54, 1.807) is 31.4 Å². The number of ether oxygens (including phenoxy) is 2. The van der Waals surface area contributed by atoms with E-state index < -0.39 is 11.6 Å². The van der Waals surface area contributed by atoms with E-state index in [4.69, 9.17) is 9.47 Å². The molecule has 5 nitrogen and oxygen atoms in total. The highest BCUT2D eigenvalue weighted by Crippen LogP contribution is 2.27. The number of methoxy groups -OCH3 is 2. The minimum Gasteiger partial charge on any atom is -0.493 e. The molecular formula is C21H24F2N2O3. The lowest BCUT2D eigenvalue weighted by Gasteiger charge is -2.32. The minimum absolute atomic E-state index is 0.0711. The Morgan fingerprint density at radius 1 is 1.04 bits per heavy atom. The maximum atomic E-state index is 13.3. The second-order valence-electron chi connectivity index (χ2n) is 6.84. The van der Waals surface area contributed by atoms with Gasteiger partial charge in [0.15, 0.2) is 23.1 Å². The molecule has 0 aromatic heterocycles.